The molecule has 0 saturated heterocycles. The van der Waals surface area contributed by atoms with Crippen molar-refractivity contribution in [3.63, 3.8) is 0 Å². The number of rotatable bonds is 2. The Hall–Kier alpha value is -0.910. The van der Waals surface area contributed by atoms with Gasteiger partial charge < -0.3 is 10.5 Å². The van der Waals surface area contributed by atoms with Crippen LogP contribution in [0.15, 0.2) is 18.2 Å². The third-order valence-corrected chi connectivity index (χ3v) is 2.06. The molecule has 6 heteroatoms. The average Bonchev–Trinajstić information content (AvgIpc) is 2.01. The number of alkyl halides is 4. The standard InChI is InChI=1S/C8H7BrF3NO/c9-4-5-1-2-6(13)3-7(5)14-8(10,11)12/h1-3H,4,13H2. The zero-order valence-corrected chi connectivity index (χ0v) is 8.52. The van der Waals surface area contributed by atoms with Crippen LogP contribution in [0.2, 0.25) is 0 Å². The second-order valence-electron chi connectivity index (χ2n) is 2.55. The number of ether oxygens (including phenoxy) is 1. The van der Waals surface area contributed by atoms with Crippen LogP contribution in [0.4, 0.5) is 18.9 Å². The summed E-state index contributed by atoms with van der Waals surface area (Å²) >= 11 is 3.05. The van der Waals surface area contributed by atoms with Crippen LogP contribution in [0, 0.1) is 0 Å². The van der Waals surface area contributed by atoms with Gasteiger partial charge in [0.2, 0.25) is 0 Å². The topological polar surface area (TPSA) is 35.2 Å². The normalized spacial score (nSPS) is 11.4. The quantitative estimate of drug-likeness (QED) is 0.662. The maximum Gasteiger partial charge on any atom is 0.573 e. The van der Waals surface area contributed by atoms with Crippen molar-refractivity contribution in [2.75, 3.05) is 5.73 Å². The van der Waals surface area contributed by atoms with Gasteiger partial charge in [-0.1, -0.05) is 22.0 Å². The van der Waals surface area contributed by atoms with Crippen molar-refractivity contribution in [1.82, 2.24) is 0 Å². The third-order valence-electron chi connectivity index (χ3n) is 1.46. The Balaban J connectivity index is 2.99. The van der Waals surface area contributed by atoms with E-state index in [1.165, 1.54) is 12.1 Å². The predicted octanol–water partition coefficient (Wildman–Crippen LogP) is 3.06. The Morgan fingerprint density at radius 2 is 2.00 bits per heavy atom. The highest BCUT2D eigenvalue weighted by atomic mass is 79.9. The minimum absolute atomic E-state index is 0.231. The van der Waals surface area contributed by atoms with E-state index in [-0.39, 0.29) is 16.8 Å². The van der Waals surface area contributed by atoms with E-state index in [2.05, 4.69) is 20.7 Å². The Labute approximate surface area is 87.0 Å². The van der Waals surface area contributed by atoms with E-state index in [1.807, 2.05) is 0 Å². The zero-order chi connectivity index (χ0) is 10.8. The van der Waals surface area contributed by atoms with Gasteiger partial charge in [0.1, 0.15) is 5.75 Å². The van der Waals surface area contributed by atoms with Crippen molar-refractivity contribution in [3.8, 4) is 5.75 Å². The van der Waals surface area contributed by atoms with E-state index in [0.717, 1.165) is 6.07 Å². The van der Waals surface area contributed by atoms with Crippen LogP contribution in [0.1, 0.15) is 5.56 Å². The molecule has 0 aliphatic heterocycles. The molecule has 0 spiro atoms. The van der Waals surface area contributed by atoms with Crippen molar-refractivity contribution in [1.29, 1.82) is 0 Å². The Kier molecular flexibility index (Phi) is 3.25. The lowest BCUT2D eigenvalue weighted by atomic mass is 10.2. The van der Waals surface area contributed by atoms with Gasteiger partial charge in [-0.3, -0.25) is 0 Å². The molecule has 0 aliphatic carbocycles. The molecular weight excluding hydrogens is 263 g/mol. The molecule has 1 aromatic carbocycles. The molecule has 2 N–H and O–H groups in total. The molecule has 0 fully saturated rings. The summed E-state index contributed by atoms with van der Waals surface area (Å²) < 4.78 is 39.5. The van der Waals surface area contributed by atoms with E-state index in [9.17, 15) is 13.2 Å². The van der Waals surface area contributed by atoms with Gasteiger partial charge in [0.15, 0.2) is 0 Å². The first kappa shape index (κ1) is 11.2. The number of halogens is 4. The van der Waals surface area contributed by atoms with Gasteiger partial charge in [-0.05, 0) is 6.07 Å². The van der Waals surface area contributed by atoms with Crippen LogP contribution < -0.4 is 10.5 Å². The number of nitrogens with two attached hydrogens (primary N) is 1. The number of anilines is 1. The predicted molar refractivity (Wildman–Crippen MR) is 50.2 cm³/mol. The van der Waals surface area contributed by atoms with Gasteiger partial charge in [-0.2, -0.15) is 0 Å². The summed E-state index contributed by atoms with van der Waals surface area (Å²) in [5.74, 6) is -0.269. The molecule has 1 aromatic rings. The fourth-order valence-corrected chi connectivity index (χ4v) is 1.36. The second-order valence-corrected chi connectivity index (χ2v) is 3.11. The molecule has 1 rings (SSSR count). The fraction of sp³-hybridized carbons (Fsp3) is 0.250. The Bertz CT molecular complexity index is 327. The summed E-state index contributed by atoms with van der Waals surface area (Å²) in [7, 11) is 0. The monoisotopic (exact) mass is 269 g/mol. The first-order valence-corrected chi connectivity index (χ1v) is 4.74. The first-order valence-electron chi connectivity index (χ1n) is 3.62. The number of hydrogen-bond acceptors (Lipinski definition) is 2. The van der Waals surface area contributed by atoms with Crippen LogP contribution in [0.25, 0.3) is 0 Å². The van der Waals surface area contributed by atoms with Gasteiger partial charge in [0.25, 0.3) is 0 Å². The molecule has 0 radical (unpaired) electrons. The molecule has 0 heterocycles. The van der Waals surface area contributed by atoms with Crippen LogP contribution in [0.3, 0.4) is 0 Å². The lowest BCUT2D eigenvalue weighted by Crippen LogP contribution is -2.18. The summed E-state index contributed by atoms with van der Waals surface area (Å²) in [5, 5.41) is 0.276. The van der Waals surface area contributed by atoms with Gasteiger partial charge in [0.05, 0.1) is 0 Å². The Morgan fingerprint density at radius 3 is 2.50 bits per heavy atom. The van der Waals surface area contributed by atoms with Crippen LogP contribution in [-0.4, -0.2) is 6.36 Å². The molecule has 78 valence electrons. The number of nitrogen functional groups attached to an aromatic ring is 1. The highest BCUT2D eigenvalue weighted by Gasteiger charge is 2.32. The smallest absolute Gasteiger partial charge is 0.405 e. The molecule has 0 atom stereocenters. The molecule has 2 nitrogen and oxygen atoms in total. The number of hydrogen-bond donors (Lipinski definition) is 1. The Morgan fingerprint density at radius 1 is 1.36 bits per heavy atom. The van der Waals surface area contributed by atoms with Crippen molar-refractivity contribution in [3.05, 3.63) is 23.8 Å². The highest BCUT2D eigenvalue weighted by molar-refractivity contribution is 9.08. The van der Waals surface area contributed by atoms with Crippen molar-refractivity contribution >= 4 is 21.6 Å². The van der Waals surface area contributed by atoms with Crippen molar-refractivity contribution in [2.24, 2.45) is 0 Å². The van der Waals surface area contributed by atoms with E-state index in [1.54, 1.807) is 0 Å². The lowest BCUT2D eigenvalue weighted by molar-refractivity contribution is -0.274. The highest BCUT2D eigenvalue weighted by Crippen LogP contribution is 2.29. The minimum Gasteiger partial charge on any atom is -0.405 e. The van der Waals surface area contributed by atoms with E-state index < -0.39 is 6.36 Å². The zero-order valence-electron chi connectivity index (χ0n) is 6.94. The summed E-state index contributed by atoms with van der Waals surface area (Å²) in [4.78, 5) is 0. The lowest BCUT2D eigenvalue weighted by Gasteiger charge is -2.12. The largest absolute Gasteiger partial charge is 0.573 e. The fourth-order valence-electron chi connectivity index (χ4n) is 0.901. The molecule has 0 saturated carbocycles. The van der Waals surface area contributed by atoms with Gasteiger partial charge in [-0.25, -0.2) is 0 Å². The number of benzene rings is 1. The molecule has 0 unspecified atom stereocenters. The summed E-state index contributed by atoms with van der Waals surface area (Å²) in [6.45, 7) is 0. The molecular formula is C8H7BrF3NO. The molecule has 0 aliphatic rings. The van der Waals surface area contributed by atoms with Crippen LogP contribution >= 0.6 is 15.9 Å². The van der Waals surface area contributed by atoms with E-state index in [4.69, 9.17) is 5.73 Å². The minimum atomic E-state index is -4.69. The molecule has 0 bridgehead atoms. The molecule has 0 aromatic heterocycles. The van der Waals surface area contributed by atoms with E-state index in [0.29, 0.717) is 5.56 Å². The maximum atomic E-state index is 11.9. The molecule has 14 heavy (non-hydrogen) atoms. The average molecular weight is 270 g/mol. The van der Waals surface area contributed by atoms with Gasteiger partial charge in [-0.15, -0.1) is 13.2 Å². The van der Waals surface area contributed by atoms with E-state index >= 15 is 0 Å². The maximum absolute atomic E-state index is 11.9. The summed E-state index contributed by atoms with van der Waals surface area (Å²) in [5.41, 5.74) is 5.97. The van der Waals surface area contributed by atoms with Crippen LogP contribution in [-0.2, 0) is 5.33 Å². The molecule has 0 amide bonds. The second kappa shape index (κ2) is 4.08. The first-order chi connectivity index (χ1) is 6.42. The summed E-state index contributed by atoms with van der Waals surface area (Å²) in [6, 6.07) is 4.13. The third kappa shape index (κ3) is 3.10. The van der Waals surface area contributed by atoms with Crippen molar-refractivity contribution < 1.29 is 17.9 Å². The SMILES string of the molecule is Nc1ccc(CBr)c(OC(F)(F)F)c1. The summed E-state index contributed by atoms with van der Waals surface area (Å²) in [6.07, 6.45) is -4.69. The van der Waals surface area contributed by atoms with Crippen LogP contribution in [0.5, 0.6) is 5.75 Å². The van der Waals surface area contributed by atoms with Gasteiger partial charge >= 0.3 is 6.36 Å². The van der Waals surface area contributed by atoms with Crippen molar-refractivity contribution in [2.45, 2.75) is 11.7 Å². The van der Waals surface area contributed by atoms with Gasteiger partial charge in [0, 0.05) is 22.6 Å².